The number of carboxylic acids is 1. The minimum absolute atomic E-state index is 0.0673. The molecule has 8 heteroatoms. The molecule has 0 fully saturated rings. The third-order valence-electron chi connectivity index (χ3n) is 2.79. The predicted octanol–water partition coefficient (Wildman–Crippen LogP) is 2.04. The number of nitrogens with zero attached hydrogens (tertiary/aromatic N) is 1. The summed E-state index contributed by atoms with van der Waals surface area (Å²) in [4.78, 5) is 11.1. The van der Waals surface area contributed by atoms with Gasteiger partial charge in [-0.25, -0.2) is 13.1 Å². The molecule has 0 saturated heterocycles. The van der Waals surface area contributed by atoms with Gasteiger partial charge in [0.25, 0.3) is 0 Å². The van der Waals surface area contributed by atoms with Crippen LogP contribution in [-0.2, 0) is 14.8 Å². The normalized spacial score (nSPS) is 13.0. The van der Waals surface area contributed by atoms with Crippen molar-refractivity contribution < 1.29 is 18.3 Å². The lowest BCUT2D eigenvalue weighted by Gasteiger charge is -2.17. The number of thiophene rings is 1. The summed E-state index contributed by atoms with van der Waals surface area (Å²) in [6, 6.07) is 4.71. The van der Waals surface area contributed by atoms with Crippen LogP contribution in [0.5, 0.6) is 0 Å². The Morgan fingerprint density at radius 3 is 2.62 bits per heavy atom. The molecular formula is C13H18N2O4S2. The van der Waals surface area contributed by atoms with E-state index in [1.165, 1.54) is 12.1 Å². The lowest BCUT2D eigenvalue weighted by Crippen LogP contribution is -2.30. The summed E-state index contributed by atoms with van der Waals surface area (Å²) >= 11 is 0.891. The highest BCUT2D eigenvalue weighted by Crippen LogP contribution is 2.21. The lowest BCUT2D eigenvalue weighted by molar-refractivity contribution is -0.138. The maximum Gasteiger partial charge on any atom is 0.303 e. The molecule has 2 N–H and O–H groups in total. The smallest absolute Gasteiger partial charge is 0.303 e. The third-order valence-corrected chi connectivity index (χ3v) is 5.69. The fourth-order valence-electron chi connectivity index (χ4n) is 1.98. The van der Waals surface area contributed by atoms with Crippen LogP contribution in [0.1, 0.15) is 31.6 Å². The van der Waals surface area contributed by atoms with E-state index < -0.39 is 16.0 Å². The quantitative estimate of drug-likeness (QED) is 0.758. The van der Waals surface area contributed by atoms with Crippen molar-refractivity contribution in [2.24, 2.45) is 11.8 Å². The summed E-state index contributed by atoms with van der Waals surface area (Å²) < 4.78 is 26.7. The molecule has 0 amide bonds. The second-order valence-electron chi connectivity index (χ2n) is 5.18. The second-order valence-corrected chi connectivity index (χ2v) is 8.25. The molecule has 116 valence electrons. The molecule has 0 aliphatic heterocycles. The van der Waals surface area contributed by atoms with Gasteiger partial charge in [0.05, 0.1) is 0 Å². The molecule has 0 spiro atoms. The molecule has 1 rings (SSSR count). The number of nitrogens with one attached hydrogen (secondary N) is 1. The van der Waals surface area contributed by atoms with Gasteiger partial charge in [0, 0.05) is 13.0 Å². The Labute approximate surface area is 128 Å². The topological polar surface area (TPSA) is 107 Å². The molecule has 1 aromatic rings. The number of aliphatic carboxylic acids is 1. The first-order valence-electron chi connectivity index (χ1n) is 6.46. The Hall–Kier alpha value is -1.43. The van der Waals surface area contributed by atoms with E-state index in [2.05, 4.69) is 4.72 Å². The van der Waals surface area contributed by atoms with Gasteiger partial charge in [-0.15, -0.1) is 11.3 Å². The number of sulfonamides is 1. The number of carbonyl (C=O) groups is 1. The van der Waals surface area contributed by atoms with E-state index in [1.807, 2.05) is 19.9 Å². The zero-order valence-electron chi connectivity index (χ0n) is 11.9. The van der Waals surface area contributed by atoms with Crippen molar-refractivity contribution in [2.75, 3.05) is 6.54 Å². The minimum atomic E-state index is -3.69. The maximum absolute atomic E-state index is 12.1. The molecule has 0 aromatic carbocycles. The van der Waals surface area contributed by atoms with E-state index >= 15 is 0 Å². The molecule has 1 aromatic heterocycles. The SMILES string of the molecule is CC(C)C[C@H](CNS(=O)(=O)c1ccc(C#N)s1)CC(=O)O. The van der Waals surface area contributed by atoms with Crippen LogP contribution in [0.25, 0.3) is 0 Å². The van der Waals surface area contributed by atoms with E-state index in [0.717, 1.165) is 11.3 Å². The first-order chi connectivity index (χ1) is 9.74. The van der Waals surface area contributed by atoms with Gasteiger partial charge < -0.3 is 5.11 Å². The fraction of sp³-hybridized carbons (Fsp3) is 0.538. The second kappa shape index (κ2) is 7.54. The van der Waals surface area contributed by atoms with Crippen molar-refractivity contribution in [3.63, 3.8) is 0 Å². The Morgan fingerprint density at radius 1 is 1.48 bits per heavy atom. The summed E-state index contributed by atoms with van der Waals surface area (Å²) in [5.74, 6) is -0.916. The van der Waals surface area contributed by atoms with Gasteiger partial charge in [-0.2, -0.15) is 5.26 Å². The molecular weight excluding hydrogens is 312 g/mol. The van der Waals surface area contributed by atoms with Crippen LogP contribution >= 0.6 is 11.3 Å². The van der Waals surface area contributed by atoms with Crippen molar-refractivity contribution >= 4 is 27.3 Å². The fourth-order valence-corrected chi connectivity index (χ4v) is 4.24. The molecule has 0 aliphatic carbocycles. The van der Waals surface area contributed by atoms with Crippen LogP contribution in [-0.4, -0.2) is 26.0 Å². The standard InChI is InChI=1S/C13H18N2O4S2/c1-9(2)5-10(6-12(16)17)8-15-21(18,19)13-4-3-11(7-14)20-13/h3-4,9-10,15H,5-6,8H2,1-2H3,(H,16,17)/t10-/m0/s1. The number of hydrogen-bond acceptors (Lipinski definition) is 5. The molecule has 1 atom stereocenters. The molecule has 6 nitrogen and oxygen atoms in total. The maximum atomic E-state index is 12.1. The van der Waals surface area contributed by atoms with Crippen LogP contribution in [0.3, 0.4) is 0 Å². The average molecular weight is 330 g/mol. The monoisotopic (exact) mass is 330 g/mol. The van der Waals surface area contributed by atoms with Gasteiger partial charge >= 0.3 is 5.97 Å². The Bertz CT molecular complexity index is 629. The zero-order valence-corrected chi connectivity index (χ0v) is 13.5. The number of rotatable bonds is 8. The van der Waals surface area contributed by atoms with Crippen LogP contribution in [0.4, 0.5) is 0 Å². The van der Waals surface area contributed by atoms with Crippen molar-refractivity contribution in [2.45, 2.75) is 30.9 Å². The summed E-state index contributed by atoms with van der Waals surface area (Å²) in [6.07, 6.45) is 0.553. The minimum Gasteiger partial charge on any atom is -0.481 e. The number of nitriles is 1. The van der Waals surface area contributed by atoms with Crippen LogP contribution in [0.15, 0.2) is 16.3 Å². The molecule has 0 bridgehead atoms. The Morgan fingerprint density at radius 2 is 2.14 bits per heavy atom. The number of hydrogen-bond donors (Lipinski definition) is 2. The van der Waals surface area contributed by atoms with E-state index in [9.17, 15) is 13.2 Å². The summed E-state index contributed by atoms with van der Waals surface area (Å²) in [5, 5.41) is 17.6. The van der Waals surface area contributed by atoms with Crippen LogP contribution < -0.4 is 4.72 Å². The Balaban J connectivity index is 2.73. The van der Waals surface area contributed by atoms with Crippen molar-refractivity contribution in [3.8, 4) is 6.07 Å². The zero-order chi connectivity index (χ0) is 16.0. The lowest BCUT2D eigenvalue weighted by atomic mass is 9.94. The van der Waals surface area contributed by atoms with Crippen molar-refractivity contribution in [1.29, 1.82) is 5.26 Å². The molecule has 0 aliphatic rings. The first-order valence-corrected chi connectivity index (χ1v) is 8.76. The number of carboxylic acid groups (broad SMARTS) is 1. The van der Waals surface area contributed by atoms with E-state index in [-0.39, 0.29) is 29.0 Å². The van der Waals surface area contributed by atoms with Crippen LogP contribution in [0, 0.1) is 23.2 Å². The summed E-state index contributed by atoms with van der Waals surface area (Å²) in [5.41, 5.74) is 0. The van der Waals surface area contributed by atoms with Crippen molar-refractivity contribution in [3.05, 3.63) is 17.0 Å². The summed E-state index contributed by atoms with van der Waals surface area (Å²) in [7, 11) is -3.69. The van der Waals surface area contributed by atoms with E-state index in [0.29, 0.717) is 11.3 Å². The molecule has 0 radical (unpaired) electrons. The van der Waals surface area contributed by atoms with Gasteiger partial charge in [0.2, 0.25) is 10.0 Å². The predicted molar refractivity (Wildman–Crippen MR) is 79.4 cm³/mol. The van der Waals surface area contributed by atoms with Gasteiger partial charge in [0.1, 0.15) is 15.2 Å². The third kappa shape index (κ3) is 5.83. The first kappa shape index (κ1) is 17.6. The van der Waals surface area contributed by atoms with Gasteiger partial charge in [0.15, 0.2) is 0 Å². The van der Waals surface area contributed by atoms with Crippen molar-refractivity contribution in [1.82, 2.24) is 4.72 Å². The highest BCUT2D eigenvalue weighted by molar-refractivity contribution is 7.91. The average Bonchev–Trinajstić information content (AvgIpc) is 2.84. The van der Waals surface area contributed by atoms with E-state index in [1.54, 1.807) is 0 Å². The van der Waals surface area contributed by atoms with Crippen LogP contribution in [0.2, 0.25) is 0 Å². The molecule has 0 saturated carbocycles. The Kier molecular flexibility index (Phi) is 6.33. The van der Waals surface area contributed by atoms with Gasteiger partial charge in [-0.05, 0) is 30.4 Å². The highest BCUT2D eigenvalue weighted by atomic mass is 32.2. The summed E-state index contributed by atoms with van der Waals surface area (Å²) in [6.45, 7) is 4.00. The van der Waals surface area contributed by atoms with E-state index in [4.69, 9.17) is 10.4 Å². The van der Waals surface area contributed by atoms with Gasteiger partial charge in [-0.1, -0.05) is 13.8 Å². The van der Waals surface area contributed by atoms with Gasteiger partial charge in [-0.3, -0.25) is 4.79 Å². The molecule has 21 heavy (non-hydrogen) atoms. The molecule has 0 unspecified atom stereocenters. The largest absolute Gasteiger partial charge is 0.481 e. The highest BCUT2D eigenvalue weighted by Gasteiger charge is 2.21. The molecule has 1 heterocycles.